The number of carbonyl (C=O) groups is 3. The molecule has 12 nitrogen and oxygen atoms in total. The summed E-state index contributed by atoms with van der Waals surface area (Å²) in [4.78, 5) is 38.6. The number of unbranched alkanes of at least 4 members (excludes halogenated alkanes) is 3. The maximum absolute atomic E-state index is 14.0. The van der Waals surface area contributed by atoms with E-state index in [1.807, 2.05) is 66.7 Å². The van der Waals surface area contributed by atoms with Gasteiger partial charge in [-0.05, 0) is 107 Å². The first kappa shape index (κ1) is 50.4. The van der Waals surface area contributed by atoms with Gasteiger partial charge in [-0.1, -0.05) is 90.9 Å². The molecule has 0 aliphatic rings. The maximum Gasteiger partial charge on any atom is 0.407 e. The van der Waals surface area contributed by atoms with Gasteiger partial charge in [-0.3, -0.25) is 19.5 Å². The van der Waals surface area contributed by atoms with Crippen LogP contribution in [0, 0.1) is 17.7 Å². The highest BCUT2D eigenvalue weighted by atomic mass is 35.5. The molecule has 0 saturated heterocycles. The fourth-order valence-electron chi connectivity index (χ4n) is 6.34. The van der Waals surface area contributed by atoms with Gasteiger partial charge in [-0.25, -0.2) is 9.18 Å². The molecule has 0 aliphatic carbocycles. The highest BCUT2D eigenvalue weighted by molar-refractivity contribution is 7.54. The van der Waals surface area contributed by atoms with Gasteiger partial charge in [-0.15, -0.1) is 0 Å². The number of hydrogen-bond donors (Lipinski definition) is 4. The molecule has 0 saturated carbocycles. The van der Waals surface area contributed by atoms with Crippen molar-refractivity contribution < 1.29 is 41.9 Å². The minimum Gasteiger partial charge on any atom is -0.481 e. The van der Waals surface area contributed by atoms with Crippen LogP contribution in [0.5, 0.6) is 5.75 Å². The second kappa shape index (κ2) is 25.8. The summed E-state index contributed by atoms with van der Waals surface area (Å²) in [5.74, 6) is 4.28. The normalized spacial score (nSPS) is 12.3. The number of carbonyl (C=O) groups excluding carboxylic acids is 3. The molecule has 0 aromatic heterocycles. The Labute approximate surface area is 375 Å². The van der Waals surface area contributed by atoms with E-state index in [4.69, 9.17) is 30.1 Å². The summed E-state index contributed by atoms with van der Waals surface area (Å²) >= 11 is 5.94. The molecule has 338 valence electrons. The number of alkyl carbamates (subject to hydrolysis) is 1. The third-order valence-electron chi connectivity index (χ3n) is 9.24. The molecule has 4 N–H and O–H groups in total. The smallest absolute Gasteiger partial charge is 0.407 e. The lowest BCUT2D eigenvalue weighted by molar-refractivity contribution is -0.122. The van der Waals surface area contributed by atoms with Crippen molar-refractivity contribution in [1.29, 1.82) is 0 Å². The lowest BCUT2D eigenvalue weighted by Crippen LogP contribution is -2.48. The summed E-state index contributed by atoms with van der Waals surface area (Å²) in [6, 6.07) is 27.0. The molecule has 0 radical (unpaired) electrons. The first-order valence-corrected chi connectivity index (χ1v) is 23.2. The zero-order valence-corrected chi connectivity index (χ0v) is 38.3. The zero-order valence-electron chi connectivity index (χ0n) is 36.6. The largest absolute Gasteiger partial charge is 0.481 e. The van der Waals surface area contributed by atoms with Crippen LogP contribution in [0.3, 0.4) is 0 Å². The van der Waals surface area contributed by atoms with Crippen LogP contribution >= 0.6 is 19.2 Å². The Morgan fingerprint density at radius 3 is 2.17 bits per heavy atom. The highest BCUT2D eigenvalue weighted by Crippen LogP contribution is 2.59. The van der Waals surface area contributed by atoms with E-state index >= 15 is 0 Å². The molecular weight excluding hydrogens is 846 g/mol. The van der Waals surface area contributed by atoms with Crippen molar-refractivity contribution in [2.75, 3.05) is 32.9 Å². The number of halogens is 2. The topological polar surface area (TPSA) is 153 Å². The summed E-state index contributed by atoms with van der Waals surface area (Å²) in [6.07, 6.45) is 2.79. The summed E-state index contributed by atoms with van der Waals surface area (Å²) in [7, 11) is -3.62. The van der Waals surface area contributed by atoms with Gasteiger partial charge in [0.05, 0.1) is 18.2 Å². The Kier molecular flexibility index (Phi) is 20.6. The molecule has 63 heavy (non-hydrogen) atoms. The van der Waals surface area contributed by atoms with Crippen molar-refractivity contribution in [2.24, 2.45) is 0 Å². The minimum atomic E-state index is -3.62. The lowest BCUT2D eigenvalue weighted by Gasteiger charge is -2.28. The van der Waals surface area contributed by atoms with Crippen molar-refractivity contribution in [2.45, 2.75) is 90.7 Å². The van der Waals surface area contributed by atoms with E-state index < -0.39 is 42.8 Å². The van der Waals surface area contributed by atoms with Gasteiger partial charge in [0.2, 0.25) is 5.91 Å². The van der Waals surface area contributed by atoms with E-state index in [9.17, 15) is 23.3 Å². The molecule has 3 amide bonds. The molecule has 0 fully saturated rings. The minimum absolute atomic E-state index is 0.0476. The van der Waals surface area contributed by atoms with Crippen molar-refractivity contribution in [3.63, 3.8) is 0 Å². The average Bonchev–Trinajstić information content (AvgIpc) is 3.24. The van der Waals surface area contributed by atoms with Gasteiger partial charge >= 0.3 is 13.7 Å². The Hall–Kier alpha value is -5.22. The molecule has 0 aliphatic heterocycles. The van der Waals surface area contributed by atoms with Gasteiger partial charge in [-0.2, -0.15) is 0 Å². The van der Waals surface area contributed by atoms with E-state index in [1.165, 1.54) is 12.1 Å². The summed E-state index contributed by atoms with van der Waals surface area (Å²) in [5, 5.41) is 11.6. The Morgan fingerprint density at radius 2 is 1.49 bits per heavy atom. The van der Waals surface area contributed by atoms with Gasteiger partial charge in [0, 0.05) is 37.2 Å². The average molecular weight is 905 g/mol. The van der Waals surface area contributed by atoms with Crippen LogP contribution in [0.15, 0.2) is 97.1 Å². The molecule has 4 rings (SSSR count). The Bertz CT molecular complexity index is 2200. The van der Waals surface area contributed by atoms with Crippen molar-refractivity contribution in [3.8, 4) is 17.6 Å². The van der Waals surface area contributed by atoms with Crippen molar-refractivity contribution in [1.82, 2.24) is 21.3 Å². The van der Waals surface area contributed by atoms with E-state index in [0.29, 0.717) is 42.9 Å². The maximum atomic E-state index is 14.0. The Balaban J connectivity index is 1.39. The van der Waals surface area contributed by atoms with E-state index in [1.54, 1.807) is 46.8 Å². The number of amides is 3. The van der Waals surface area contributed by atoms with Crippen LogP contribution in [0.4, 0.5) is 9.18 Å². The summed E-state index contributed by atoms with van der Waals surface area (Å²) < 4.78 is 50.6. The van der Waals surface area contributed by atoms with Crippen LogP contribution in [0.25, 0.3) is 0 Å². The van der Waals surface area contributed by atoms with Crippen LogP contribution in [-0.4, -0.2) is 62.5 Å². The standard InChI is InChI=1S/C48H59ClFN4O8P/c1-6-60-63(58,61-7-2)46(53-34-36-18-11-10-12-19-36)39-23-16-24-40(32-39)59-29-17-22-35-20-15-21-37(30-35)31-43(54-44(55)38-25-26-42(50)41(49)33-38)45(56)51-27-13-8-9-14-28-52-47(57)62-48(3,4)5/h10-12,15-16,18-21,23-26,30,32-33,43,46,53H,6-9,13-14,27-29,31,34H2,1-5H3,(H,51,56)(H,52,57)(H,54,55)/t43-,46?/m0/s1. The van der Waals surface area contributed by atoms with E-state index in [-0.39, 0.29) is 42.7 Å². The number of hydrogen-bond acceptors (Lipinski definition) is 9. The molecule has 4 aromatic carbocycles. The van der Waals surface area contributed by atoms with E-state index in [2.05, 4.69) is 33.1 Å². The molecule has 4 aromatic rings. The number of benzene rings is 4. The van der Waals surface area contributed by atoms with Gasteiger partial charge < -0.3 is 34.5 Å². The highest BCUT2D eigenvalue weighted by Gasteiger charge is 2.37. The third-order valence-corrected chi connectivity index (χ3v) is 11.9. The third kappa shape index (κ3) is 17.8. The second-order valence-corrected chi connectivity index (χ2v) is 18.0. The van der Waals surface area contributed by atoms with Crippen molar-refractivity contribution in [3.05, 3.63) is 136 Å². The van der Waals surface area contributed by atoms with E-state index in [0.717, 1.165) is 36.5 Å². The summed E-state index contributed by atoms with van der Waals surface area (Å²) in [5.41, 5.74) is 2.65. The molecular formula is C48H59ClFN4O8P. The fraction of sp³-hybridized carbons (Fsp3) is 0.396. The number of ether oxygens (including phenoxy) is 2. The monoisotopic (exact) mass is 904 g/mol. The molecule has 2 atom stereocenters. The van der Waals surface area contributed by atoms with Gasteiger partial charge in [0.15, 0.2) is 0 Å². The Morgan fingerprint density at radius 1 is 0.810 bits per heavy atom. The predicted octanol–water partition coefficient (Wildman–Crippen LogP) is 9.51. The number of nitrogens with one attached hydrogen (secondary N) is 4. The van der Waals surface area contributed by atoms with Crippen LogP contribution in [0.2, 0.25) is 5.02 Å². The first-order chi connectivity index (χ1) is 30.2. The molecule has 0 spiro atoms. The molecule has 0 bridgehead atoms. The van der Waals surface area contributed by atoms with Crippen LogP contribution < -0.4 is 26.0 Å². The SMILES string of the molecule is CCOP(=O)(OCC)C(NCc1ccccc1)c1cccc(OCC#Cc2cccc(C[C@H](NC(=O)c3ccc(F)c(Cl)c3)C(=O)NCCCCCCNC(=O)OC(C)(C)C)c2)c1. The summed E-state index contributed by atoms with van der Waals surface area (Å²) in [6.45, 7) is 10.7. The van der Waals surface area contributed by atoms with Gasteiger partial charge in [0.1, 0.15) is 35.6 Å². The van der Waals surface area contributed by atoms with Crippen LogP contribution in [0.1, 0.15) is 98.7 Å². The van der Waals surface area contributed by atoms with Crippen molar-refractivity contribution >= 4 is 37.1 Å². The second-order valence-electron chi connectivity index (χ2n) is 15.5. The lowest BCUT2D eigenvalue weighted by atomic mass is 10.0. The molecule has 15 heteroatoms. The van der Waals surface area contributed by atoms with Crippen LogP contribution in [-0.2, 0) is 36.1 Å². The predicted molar refractivity (Wildman–Crippen MR) is 244 cm³/mol. The number of rotatable bonds is 23. The molecule has 0 heterocycles. The quantitative estimate of drug-likeness (QED) is 0.0324. The first-order valence-electron chi connectivity index (χ1n) is 21.2. The fourth-order valence-corrected chi connectivity index (χ4v) is 8.46. The van der Waals surface area contributed by atoms with Gasteiger partial charge in [0.25, 0.3) is 5.91 Å². The zero-order chi connectivity index (χ0) is 45.7. The molecule has 1 unspecified atom stereocenters.